The van der Waals surface area contributed by atoms with Gasteiger partial charge in [-0.3, -0.25) is 0 Å². The number of hydrogen-bond donors (Lipinski definition) is 1. The van der Waals surface area contributed by atoms with Gasteiger partial charge in [0.05, 0.1) is 6.61 Å². The molecule has 0 saturated heterocycles. The van der Waals surface area contributed by atoms with Crippen molar-refractivity contribution in [1.29, 1.82) is 0 Å². The first-order valence-corrected chi connectivity index (χ1v) is 9.21. The van der Waals surface area contributed by atoms with Crippen LogP contribution < -0.4 is 10.1 Å². The van der Waals surface area contributed by atoms with Crippen molar-refractivity contribution in [3.8, 4) is 5.75 Å². The molecular formula is C18H24BrNO. The summed E-state index contributed by atoms with van der Waals surface area (Å²) in [6.45, 7) is 4.14. The Morgan fingerprint density at radius 3 is 2.86 bits per heavy atom. The molecule has 2 aliphatic carbocycles. The lowest BCUT2D eigenvalue weighted by molar-refractivity contribution is 0.325. The minimum atomic E-state index is 0.616. The third-order valence-corrected chi connectivity index (χ3v) is 6.04. The van der Waals surface area contributed by atoms with Gasteiger partial charge in [-0.15, -0.1) is 0 Å². The number of nitrogens with one attached hydrogen (secondary N) is 1. The van der Waals surface area contributed by atoms with Crippen molar-refractivity contribution in [2.24, 2.45) is 17.8 Å². The Bertz CT molecular complexity index is 534. The van der Waals surface area contributed by atoms with Crippen molar-refractivity contribution in [3.63, 3.8) is 0 Å². The highest BCUT2D eigenvalue weighted by Crippen LogP contribution is 2.55. The molecule has 1 aromatic carbocycles. The van der Waals surface area contributed by atoms with E-state index in [9.17, 15) is 0 Å². The Kier molecular flexibility index (Phi) is 3.74. The van der Waals surface area contributed by atoms with Crippen LogP contribution in [0.3, 0.4) is 0 Å². The number of ether oxygens (including phenoxy) is 1. The highest BCUT2D eigenvalue weighted by atomic mass is 79.9. The lowest BCUT2D eigenvalue weighted by Crippen LogP contribution is -2.37. The molecule has 2 nitrogen and oxygen atoms in total. The summed E-state index contributed by atoms with van der Waals surface area (Å²) < 4.78 is 7.11. The van der Waals surface area contributed by atoms with E-state index in [1.165, 1.54) is 40.6 Å². The molecule has 1 aromatic rings. The van der Waals surface area contributed by atoms with Gasteiger partial charge in [0, 0.05) is 16.9 Å². The van der Waals surface area contributed by atoms with Gasteiger partial charge in [-0.25, -0.2) is 0 Å². The van der Waals surface area contributed by atoms with Gasteiger partial charge in [-0.1, -0.05) is 22.9 Å². The predicted octanol–water partition coefficient (Wildman–Crippen LogP) is 3.95. The molecule has 4 rings (SSSR count). The van der Waals surface area contributed by atoms with Crippen molar-refractivity contribution in [3.05, 3.63) is 27.7 Å². The number of hydrogen-bond acceptors (Lipinski definition) is 2. The van der Waals surface area contributed by atoms with E-state index in [1.807, 2.05) is 0 Å². The topological polar surface area (TPSA) is 21.3 Å². The second-order valence-electron chi connectivity index (χ2n) is 7.01. The maximum Gasteiger partial charge on any atom is 0.125 e. The van der Waals surface area contributed by atoms with Gasteiger partial charge in [0.15, 0.2) is 0 Å². The summed E-state index contributed by atoms with van der Waals surface area (Å²) in [7, 11) is 0. The van der Waals surface area contributed by atoms with Crippen LogP contribution in [0.1, 0.15) is 37.3 Å². The smallest absolute Gasteiger partial charge is 0.125 e. The molecule has 0 radical (unpaired) electrons. The summed E-state index contributed by atoms with van der Waals surface area (Å²) >= 11 is 3.67. The summed E-state index contributed by atoms with van der Waals surface area (Å²) in [6.07, 6.45) is 6.56. The molecule has 0 bridgehead atoms. The SMILES string of the molecule is CCNC(Cc1cc(Br)cc2c1OCC2)C1CC2CC2C1. The predicted molar refractivity (Wildman–Crippen MR) is 88.8 cm³/mol. The van der Waals surface area contributed by atoms with Crippen molar-refractivity contribution in [2.75, 3.05) is 13.2 Å². The minimum Gasteiger partial charge on any atom is -0.493 e. The first-order valence-electron chi connectivity index (χ1n) is 8.42. The number of halogens is 1. The summed E-state index contributed by atoms with van der Waals surface area (Å²) in [4.78, 5) is 0. The van der Waals surface area contributed by atoms with E-state index in [0.717, 1.165) is 43.7 Å². The zero-order valence-corrected chi connectivity index (χ0v) is 14.3. The molecule has 3 atom stereocenters. The molecule has 3 heteroatoms. The van der Waals surface area contributed by atoms with Gasteiger partial charge >= 0.3 is 0 Å². The van der Waals surface area contributed by atoms with Gasteiger partial charge in [0.1, 0.15) is 5.75 Å². The molecule has 0 spiro atoms. The molecule has 1 N–H and O–H groups in total. The molecule has 1 heterocycles. The van der Waals surface area contributed by atoms with Gasteiger partial charge in [0.25, 0.3) is 0 Å². The Morgan fingerprint density at radius 1 is 1.29 bits per heavy atom. The normalized spacial score (nSPS) is 30.7. The third kappa shape index (κ3) is 2.75. The van der Waals surface area contributed by atoms with E-state index in [2.05, 4.69) is 40.3 Å². The third-order valence-electron chi connectivity index (χ3n) is 5.58. The van der Waals surface area contributed by atoms with Gasteiger partial charge in [0.2, 0.25) is 0 Å². The van der Waals surface area contributed by atoms with Gasteiger partial charge in [-0.2, -0.15) is 0 Å². The fraction of sp³-hybridized carbons (Fsp3) is 0.667. The largest absolute Gasteiger partial charge is 0.493 e. The average molecular weight is 350 g/mol. The Morgan fingerprint density at radius 2 is 2.10 bits per heavy atom. The lowest BCUT2D eigenvalue weighted by atomic mass is 9.89. The maximum atomic E-state index is 5.91. The molecule has 1 aliphatic heterocycles. The summed E-state index contributed by atoms with van der Waals surface area (Å²) in [5.41, 5.74) is 2.77. The number of rotatable bonds is 5. The number of likely N-dealkylation sites (N-methyl/N-ethyl adjacent to an activating group) is 1. The van der Waals surface area contributed by atoms with E-state index in [4.69, 9.17) is 4.74 Å². The molecular weight excluding hydrogens is 326 g/mol. The summed E-state index contributed by atoms with van der Waals surface area (Å²) in [6, 6.07) is 5.11. The van der Waals surface area contributed by atoms with Crippen LogP contribution in [0.2, 0.25) is 0 Å². The maximum absolute atomic E-state index is 5.91. The molecule has 0 amide bonds. The Balaban J connectivity index is 1.55. The van der Waals surface area contributed by atoms with Crippen LogP contribution in [0.4, 0.5) is 0 Å². The van der Waals surface area contributed by atoms with Crippen LogP contribution in [-0.4, -0.2) is 19.2 Å². The summed E-state index contributed by atoms with van der Waals surface area (Å²) in [5.74, 6) is 4.15. The quantitative estimate of drug-likeness (QED) is 0.868. The first kappa shape index (κ1) is 14.1. The van der Waals surface area contributed by atoms with E-state index in [0.29, 0.717) is 6.04 Å². The van der Waals surface area contributed by atoms with Gasteiger partial charge < -0.3 is 10.1 Å². The van der Waals surface area contributed by atoms with Crippen LogP contribution in [0, 0.1) is 17.8 Å². The molecule has 3 aliphatic rings. The standard InChI is InChI=1S/C18H24BrNO/c1-2-20-17(14-6-12-5-13(12)7-14)10-15-9-16(19)8-11-3-4-21-18(11)15/h8-9,12-14,17,20H,2-7,10H2,1H3. The lowest BCUT2D eigenvalue weighted by Gasteiger charge is -2.26. The van der Waals surface area contributed by atoms with Crippen molar-refractivity contribution in [2.45, 2.75) is 45.1 Å². The monoisotopic (exact) mass is 349 g/mol. The van der Waals surface area contributed by atoms with E-state index in [1.54, 1.807) is 0 Å². The second kappa shape index (κ2) is 5.58. The van der Waals surface area contributed by atoms with E-state index in [-0.39, 0.29) is 0 Å². The zero-order chi connectivity index (χ0) is 14.4. The number of fused-ring (bicyclic) bond motifs is 2. The molecule has 3 unspecified atom stereocenters. The Labute approximate surface area is 135 Å². The fourth-order valence-electron chi connectivity index (χ4n) is 4.49. The zero-order valence-electron chi connectivity index (χ0n) is 12.7. The average Bonchev–Trinajstić information content (AvgIpc) is 2.89. The van der Waals surface area contributed by atoms with E-state index >= 15 is 0 Å². The highest BCUT2D eigenvalue weighted by molar-refractivity contribution is 9.10. The van der Waals surface area contributed by atoms with Gasteiger partial charge in [-0.05, 0) is 73.2 Å². The minimum absolute atomic E-state index is 0.616. The molecule has 21 heavy (non-hydrogen) atoms. The first-order chi connectivity index (χ1) is 10.2. The van der Waals surface area contributed by atoms with Crippen LogP contribution in [-0.2, 0) is 12.8 Å². The fourth-order valence-corrected chi connectivity index (χ4v) is 5.05. The summed E-state index contributed by atoms with van der Waals surface area (Å²) in [5, 5.41) is 3.75. The van der Waals surface area contributed by atoms with E-state index < -0.39 is 0 Å². The molecule has 0 aromatic heterocycles. The molecule has 2 saturated carbocycles. The van der Waals surface area contributed by atoms with Crippen molar-refractivity contribution < 1.29 is 4.74 Å². The van der Waals surface area contributed by atoms with Crippen molar-refractivity contribution >= 4 is 15.9 Å². The van der Waals surface area contributed by atoms with Crippen LogP contribution in [0.25, 0.3) is 0 Å². The molecule has 2 fully saturated rings. The Hall–Kier alpha value is -0.540. The van der Waals surface area contributed by atoms with Crippen LogP contribution in [0.5, 0.6) is 5.75 Å². The number of benzene rings is 1. The second-order valence-corrected chi connectivity index (χ2v) is 7.92. The highest BCUT2D eigenvalue weighted by Gasteiger charge is 2.47. The molecule has 114 valence electrons. The van der Waals surface area contributed by atoms with Crippen LogP contribution >= 0.6 is 15.9 Å². The van der Waals surface area contributed by atoms with Crippen molar-refractivity contribution in [1.82, 2.24) is 5.32 Å². The van der Waals surface area contributed by atoms with Crippen LogP contribution in [0.15, 0.2) is 16.6 Å².